The molecule has 44 valence electrons. The first-order valence-electron chi connectivity index (χ1n) is 3.07. The average Bonchev–Trinajstić information content (AvgIpc) is 2.33. The molecule has 1 aromatic heterocycles. The van der Waals surface area contributed by atoms with E-state index in [0.29, 0.717) is 0 Å². The van der Waals surface area contributed by atoms with Crippen molar-refractivity contribution >= 4 is 0 Å². The molecule has 0 saturated heterocycles. The van der Waals surface area contributed by atoms with E-state index in [1.165, 1.54) is 11.3 Å². The summed E-state index contributed by atoms with van der Waals surface area (Å²) in [5.74, 6) is 6.10. The van der Waals surface area contributed by atoms with Crippen molar-refractivity contribution in [2.75, 3.05) is 0 Å². The van der Waals surface area contributed by atoms with E-state index in [1.807, 2.05) is 6.20 Å². The van der Waals surface area contributed by atoms with Gasteiger partial charge in [-0.3, -0.25) is 0 Å². The van der Waals surface area contributed by atoms with Crippen LogP contribution in [0.25, 0.3) is 0 Å². The topological polar surface area (TPSA) is 15.8 Å². The minimum atomic E-state index is 0.905. The van der Waals surface area contributed by atoms with Gasteiger partial charge in [0.1, 0.15) is 0 Å². The molecule has 9 heavy (non-hydrogen) atoms. The van der Waals surface area contributed by atoms with E-state index in [9.17, 15) is 0 Å². The lowest BCUT2D eigenvalue weighted by Crippen LogP contribution is -1.93. The number of aromatic amines is 1. The largest absolute Gasteiger partial charge is 0.364 e. The molecule has 0 aromatic carbocycles. The predicted molar refractivity (Wildman–Crippen MR) is 36.0 cm³/mol. The normalized spacial score (nSPS) is 13.8. The second-order valence-corrected chi connectivity index (χ2v) is 2.19. The Morgan fingerprint density at radius 3 is 3.11 bits per heavy atom. The fourth-order valence-electron chi connectivity index (χ4n) is 1.07. The quantitative estimate of drug-likeness (QED) is 0.490. The van der Waals surface area contributed by atoms with Crippen molar-refractivity contribution in [2.24, 2.45) is 0 Å². The molecule has 0 spiro atoms. The third-order valence-corrected chi connectivity index (χ3v) is 1.60. The molecule has 1 heterocycles. The molecule has 0 amide bonds. The zero-order valence-electron chi connectivity index (χ0n) is 5.07. The Morgan fingerprint density at radius 1 is 1.33 bits per heavy atom. The van der Waals surface area contributed by atoms with E-state index >= 15 is 0 Å². The fraction of sp³-hybridized carbons (Fsp3) is 0.250. The third kappa shape index (κ3) is 0.639. The molecule has 1 nitrogen and oxygen atoms in total. The minimum Gasteiger partial charge on any atom is -0.364 e. The van der Waals surface area contributed by atoms with Gasteiger partial charge < -0.3 is 4.98 Å². The molecule has 1 aromatic rings. The molecule has 1 aliphatic rings. The van der Waals surface area contributed by atoms with Crippen molar-refractivity contribution in [1.82, 2.24) is 4.98 Å². The minimum absolute atomic E-state index is 0.905. The van der Waals surface area contributed by atoms with Crippen molar-refractivity contribution in [2.45, 2.75) is 12.8 Å². The van der Waals surface area contributed by atoms with Crippen LogP contribution in [0.5, 0.6) is 0 Å². The molecule has 1 N–H and O–H groups in total. The van der Waals surface area contributed by atoms with Gasteiger partial charge in [0, 0.05) is 24.7 Å². The number of H-pyrrole nitrogens is 1. The highest BCUT2D eigenvalue weighted by molar-refractivity contribution is 5.32. The van der Waals surface area contributed by atoms with E-state index in [0.717, 1.165) is 12.8 Å². The zero-order chi connectivity index (χ0) is 6.10. The lowest BCUT2D eigenvalue weighted by Gasteiger charge is -1.98. The van der Waals surface area contributed by atoms with Crippen LogP contribution in [0.3, 0.4) is 0 Å². The van der Waals surface area contributed by atoms with Crippen LogP contribution in [0.4, 0.5) is 0 Å². The Bertz CT molecular complexity index is 248. The standard InChI is InChI=1S/C8H7N/c1-2-4-8-7(3-1)5-6-9-8/h5-6,9H,3-4H2. The molecule has 0 unspecified atom stereocenters. The van der Waals surface area contributed by atoms with Gasteiger partial charge in [-0.15, -0.1) is 0 Å². The highest BCUT2D eigenvalue weighted by Gasteiger charge is 2.02. The van der Waals surface area contributed by atoms with E-state index in [1.54, 1.807) is 0 Å². The van der Waals surface area contributed by atoms with Gasteiger partial charge in [-0.1, -0.05) is 11.8 Å². The lowest BCUT2D eigenvalue weighted by molar-refractivity contribution is 1.10. The number of nitrogens with one attached hydrogen (secondary N) is 1. The van der Waals surface area contributed by atoms with E-state index in [4.69, 9.17) is 0 Å². The summed E-state index contributed by atoms with van der Waals surface area (Å²) in [6.45, 7) is 0. The lowest BCUT2D eigenvalue weighted by atomic mass is 10.1. The van der Waals surface area contributed by atoms with Crippen LogP contribution in [0, 0.1) is 11.8 Å². The number of hydrogen-bond acceptors (Lipinski definition) is 0. The van der Waals surface area contributed by atoms with Crippen LogP contribution in [-0.2, 0) is 12.8 Å². The van der Waals surface area contributed by atoms with E-state index in [2.05, 4.69) is 22.9 Å². The van der Waals surface area contributed by atoms with Gasteiger partial charge >= 0.3 is 0 Å². The highest BCUT2D eigenvalue weighted by atomic mass is 14.7. The van der Waals surface area contributed by atoms with Gasteiger partial charge in [-0.2, -0.15) is 0 Å². The number of aromatic nitrogens is 1. The van der Waals surface area contributed by atoms with Gasteiger partial charge in [0.05, 0.1) is 0 Å². The van der Waals surface area contributed by atoms with Gasteiger partial charge in [0.2, 0.25) is 0 Å². The molecule has 0 fully saturated rings. The summed E-state index contributed by atoms with van der Waals surface area (Å²) in [6.07, 6.45) is 3.81. The Balaban J connectivity index is 2.51. The molecule has 0 saturated carbocycles. The maximum Gasteiger partial charge on any atom is 0.0494 e. The van der Waals surface area contributed by atoms with Crippen molar-refractivity contribution < 1.29 is 0 Å². The van der Waals surface area contributed by atoms with Crippen LogP contribution in [0.1, 0.15) is 11.3 Å². The first-order valence-corrected chi connectivity index (χ1v) is 3.07. The molecular formula is C8H7N. The van der Waals surface area contributed by atoms with Crippen LogP contribution >= 0.6 is 0 Å². The second kappa shape index (κ2) is 1.66. The Kier molecular flexibility index (Phi) is 0.868. The Labute approximate surface area is 54.1 Å². The SMILES string of the molecule is C1#CCc2[nH]ccc2C1. The van der Waals surface area contributed by atoms with Gasteiger partial charge in [0.15, 0.2) is 0 Å². The van der Waals surface area contributed by atoms with E-state index < -0.39 is 0 Å². The van der Waals surface area contributed by atoms with Crippen molar-refractivity contribution in [1.29, 1.82) is 0 Å². The Hall–Kier alpha value is -1.16. The second-order valence-electron chi connectivity index (χ2n) is 2.19. The summed E-state index contributed by atoms with van der Waals surface area (Å²) in [4.78, 5) is 3.16. The molecule has 2 rings (SSSR count). The molecule has 0 aliphatic heterocycles. The average molecular weight is 117 g/mol. The van der Waals surface area contributed by atoms with Crippen LogP contribution in [-0.4, -0.2) is 4.98 Å². The number of hydrogen-bond donors (Lipinski definition) is 1. The highest BCUT2D eigenvalue weighted by Crippen LogP contribution is 2.09. The predicted octanol–water partition coefficient (Wildman–Crippen LogP) is 1.12. The molecule has 0 atom stereocenters. The molecule has 0 radical (unpaired) electrons. The van der Waals surface area contributed by atoms with Gasteiger partial charge in [-0.05, 0) is 11.6 Å². The third-order valence-electron chi connectivity index (χ3n) is 1.60. The monoisotopic (exact) mass is 117 g/mol. The van der Waals surface area contributed by atoms with Crippen LogP contribution in [0.2, 0.25) is 0 Å². The Morgan fingerprint density at radius 2 is 2.22 bits per heavy atom. The first-order chi connectivity index (χ1) is 4.47. The summed E-state index contributed by atoms with van der Waals surface area (Å²) in [5, 5.41) is 0. The smallest absolute Gasteiger partial charge is 0.0494 e. The van der Waals surface area contributed by atoms with Gasteiger partial charge in [0.25, 0.3) is 0 Å². The molecule has 1 aliphatic carbocycles. The summed E-state index contributed by atoms with van der Waals surface area (Å²) in [7, 11) is 0. The van der Waals surface area contributed by atoms with Crippen LogP contribution in [0.15, 0.2) is 12.3 Å². The first kappa shape index (κ1) is 4.69. The number of fused-ring (bicyclic) bond motifs is 1. The summed E-state index contributed by atoms with van der Waals surface area (Å²) in [5.41, 5.74) is 2.67. The fourth-order valence-corrected chi connectivity index (χ4v) is 1.07. The summed E-state index contributed by atoms with van der Waals surface area (Å²) in [6, 6.07) is 2.10. The summed E-state index contributed by atoms with van der Waals surface area (Å²) < 4.78 is 0. The number of rotatable bonds is 0. The van der Waals surface area contributed by atoms with Crippen molar-refractivity contribution in [3.8, 4) is 11.8 Å². The maximum absolute atomic E-state index is 3.16. The summed E-state index contributed by atoms with van der Waals surface area (Å²) >= 11 is 0. The zero-order valence-corrected chi connectivity index (χ0v) is 5.07. The van der Waals surface area contributed by atoms with Crippen LogP contribution < -0.4 is 0 Å². The van der Waals surface area contributed by atoms with Gasteiger partial charge in [-0.25, -0.2) is 0 Å². The van der Waals surface area contributed by atoms with E-state index in [-0.39, 0.29) is 0 Å². The molecular weight excluding hydrogens is 110 g/mol. The maximum atomic E-state index is 3.16. The molecule has 1 heteroatoms. The molecule has 0 bridgehead atoms. The van der Waals surface area contributed by atoms with Crippen molar-refractivity contribution in [3.63, 3.8) is 0 Å². The van der Waals surface area contributed by atoms with Crippen molar-refractivity contribution in [3.05, 3.63) is 23.5 Å².